The maximum Gasteiger partial charge on any atom is 0.417 e. The fourth-order valence-electron chi connectivity index (χ4n) is 2.53. The molecule has 4 nitrogen and oxygen atoms in total. The van der Waals surface area contributed by atoms with E-state index in [-0.39, 0.29) is 16.3 Å². The van der Waals surface area contributed by atoms with E-state index < -0.39 is 17.7 Å². The van der Waals surface area contributed by atoms with Gasteiger partial charge in [0.2, 0.25) is 5.91 Å². The summed E-state index contributed by atoms with van der Waals surface area (Å²) in [5, 5.41) is 2.50. The molecule has 0 fully saturated rings. The quantitative estimate of drug-likeness (QED) is 0.734. The van der Waals surface area contributed by atoms with Gasteiger partial charge in [0, 0.05) is 24.6 Å². The minimum atomic E-state index is -4.69. The highest BCUT2D eigenvalue weighted by molar-refractivity contribution is 6.34. The summed E-state index contributed by atoms with van der Waals surface area (Å²) in [5.41, 5.74) is -1.02. The molecule has 0 spiro atoms. The van der Waals surface area contributed by atoms with Gasteiger partial charge < -0.3 is 14.8 Å². The van der Waals surface area contributed by atoms with Gasteiger partial charge in [0.15, 0.2) is 11.5 Å². The van der Waals surface area contributed by atoms with Crippen LogP contribution < -0.4 is 14.8 Å². The molecule has 0 radical (unpaired) electrons. The van der Waals surface area contributed by atoms with Crippen molar-refractivity contribution in [1.82, 2.24) is 0 Å². The molecule has 27 heavy (non-hydrogen) atoms. The number of halogens is 4. The third kappa shape index (κ3) is 4.74. The molecule has 0 saturated carbocycles. The van der Waals surface area contributed by atoms with Gasteiger partial charge in [0.05, 0.1) is 29.5 Å². The van der Waals surface area contributed by atoms with Gasteiger partial charge in [-0.15, -0.1) is 0 Å². The van der Waals surface area contributed by atoms with Crippen LogP contribution in [0.4, 0.5) is 18.9 Å². The number of alkyl halides is 3. The fourth-order valence-corrected chi connectivity index (χ4v) is 2.73. The molecular weight excluding hydrogens is 383 g/mol. The van der Waals surface area contributed by atoms with Crippen LogP contribution in [0, 0.1) is 0 Å². The Kier molecular flexibility index (Phi) is 5.60. The molecule has 142 valence electrons. The van der Waals surface area contributed by atoms with Crippen LogP contribution >= 0.6 is 11.6 Å². The Bertz CT molecular complexity index is 866. The molecule has 1 aliphatic rings. The van der Waals surface area contributed by atoms with E-state index in [1.807, 2.05) is 0 Å². The zero-order chi connectivity index (χ0) is 19.4. The zero-order valence-electron chi connectivity index (χ0n) is 14.0. The maximum atomic E-state index is 13.3. The summed E-state index contributed by atoms with van der Waals surface area (Å²) >= 11 is 6.11. The van der Waals surface area contributed by atoms with E-state index in [9.17, 15) is 18.0 Å². The Labute approximate surface area is 158 Å². The number of nitrogens with one attached hydrogen (secondary N) is 1. The number of carbonyl (C=O) groups is 1. The Morgan fingerprint density at radius 2 is 1.70 bits per heavy atom. The Hall–Kier alpha value is -2.67. The lowest BCUT2D eigenvalue weighted by atomic mass is 10.1. The van der Waals surface area contributed by atoms with Crippen molar-refractivity contribution in [3.8, 4) is 11.5 Å². The summed E-state index contributed by atoms with van der Waals surface area (Å²) in [6.45, 7) is 0.887. The second-order valence-electron chi connectivity index (χ2n) is 5.74. The van der Waals surface area contributed by atoms with Gasteiger partial charge in [-0.1, -0.05) is 41.9 Å². The molecule has 1 N–H and O–H groups in total. The lowest BCUT2D eigenvalue weighted by Crippen LogP contribution is -2.16. The molecule has 1 heterocycles. The van der Waals surface area contributed by atoms with Crippen LogP contribution in [0.25, 0.3) is 5.57 Å². The first-order valence-corrected chi connectivity index (χ1v) is 8.47. The molecule has 0 unspecified atom stereocenters. The summed E-state index contributed by atoms with van der Waals surface area (Å²) in [4.78, 5) is 12.2. The first-order chi connectivity index (χ1) is 12.8. The van der Waals surface area contributed by atoms with E-state index >= 15 is 0 Å². The molecule has 0 saturated heterocycles. The van der Waals surface area contributed by atoms with Crippen LogP contribution in [0.2, 0.25) is 5.02 Å². The number of ether oxygens (including phenoxy) is 2. The van der Waals surface area contributed by atoms with Crippen molar-refractivity contribution in [3.05, 3.63) is 59.1 Å². The average Bonchev–Trinajstić information content (AvgIpc) is 2.85. The third-order valence-corrected chi connectivity index (χ3v) is 4.07. The first kappa shape index (κ1) is 19.1. The van der Waals surface area contributed by atoms with Crippen molar-refractivity contribution in [2.75, 3.05) is 18.5 Å². The number of rotatable bonds is 3. The molecule has 3 rings (SSSR count). The fraction of sp³-hybridized carbons (Fsp3) is 0.211. The van der Waals surface area contributed by atoms with Gasteiger partial charge in [0.25, 0.3) is 0 Å². The molecule has 1 aliphatic heterocycles. The Morgan fingerprint density at radius 1 is 1.07 bits per heavy atom. The van der Waals surface area contributed by atoms with Crippen molar-refractivity contribution < 1.29 is 27.4 Å². The molecule has 2 aromatic carbocycles. The predicted octanol–water partition coefficient (Wildman–Crippen LogP) is 5.09. The summed E-state index contributed by atoms with van der Waals surface area (Å²) in [6.07, 6.45) is -3.50. The second-order valence-corrected chi connectivity index (χ2v) is 6.15. The monoisotopic (exact) mass is 397 g/mol. The number of hydrogen-bond donors (Lipinski definition) is 1. The van der Waals surface area contributed by atoms with Crippen LogP contribution in [0.3, 0.4) is 0 Å². The van der Waals surface area contributed by atoms with Gasteiger partial charge in [-0.25, -0.2) is 0 Å². The van der Waals surface area contributed by atoms with Crippen LogP contribution in [0.15, 0.2) is 48.5 Å². The Balaban J connectivity index is 1.88. The summed E-state index contributed by atoms with van der Waals surface area (Å²) in [6, 6.07) is 9.99. The number of benzene rings is 2. The number of amides is 1. The highest BCUT2D eigenvalue weighted by Gasteiger charge is 2.35. The summed E-state index contributed by atoms with van der Waals surface area (Å²) in [5.74, 6) is -0.163. The van der Waals surface area contributed by atoms with E-state index in [1.54, 1.807) is 6.07 Å². The smallest absolute Gasteiger partial charge is 0.417 e. The molecule has 2 aromatic rings. The van der Waals surface area contributed by atoms with Gasteiger partial charge >= 0.3 is 6.18 Å². The van der Waals surface area contributed by atoms with E-state index in [1.165, 1.54) is 36.4 Å². The molecule has 8 heteroatoms. The van der Waals surface area contributed by atoms with Crippen LogP contribution in [0.5, 0.6) is 11.5 Å². The second kappa shape index (κ2) is 7.92. The van der Waals surface area contributed by atoms with Crippen molar-refractivity contribution in [2.45, 2.75) is 12.6 Å². The van der Waals surface area contributed by atoms with E-state index in [2.05, 4.69) is 5.32 Å². The maximum absolute atomic E-state index is 13.3. The number of carbonyl (C=O) groups excluding carboxylic acids is 1. The standard InChI is InChI=1S/C19H15ClF3NO3/c20-14-10-16-17(27-8-4-7-26-16)11-15(14)24-18(25)9-13(19(21,22)23)12-5-2-1-3-6-12/h1-3,5-6,9-11H,4,7-8H2,(H,24,25)/b13-9-. The number of fused-ring (bicyclic) bond motifs is 1. The summed E-state index contributed by atoms with van der Waals surface area (Å²) < 4.78 is 51.0. The van der Waals surface area contributed by atoms with Crippen molar-refractivity contribution >= 4 is 28.8 Å². The minimum absolute atomic E-state index is 0.107. The number of anilines is 1. The topological polar surface area (TPSA) is 47.6 Å². The average molecular weight is 398 g/mol. The normalized spacial score (nSPS) is 14.4. The Morgan fingerprint density at radius 3 is 2.33 bits per heavy atom. The highest BCUT2D eigenvalue weighted by atomic mass is 35.5. The van der Waals surface area contributed by atoms with Gasteiger partial charge in [-0.05, 0) is 5.56 Å². The van der Waals surface area contributed by atoms with Crippen molar-refractivity contribution in [2.24, 2.45) is 0 Å². The molecule has 1 amide bonds. The van der Waals surface area contributed by atoms with E-state index in [0.29, 0.717) is 37.2 Å². The van der Waals surface area contributed by atoms with E-state index in [0.717, 1.165) is 0 Å². The highest BCUT2D eigenvalue weighted by Crippen LogP contribution is 2.38. The third-order valence-electron chi connectivity index (χ3n) is 3.76. The predicted molar refractivity (Wildman–Crippen MR) is 96.2 cm³/mol. The van der Waals surface area contributed by atoms with Crippen molar-refractivity contribution in [3.63, 3.8) is 0 Å². The van der Waals surface area contributed by atoms with Gasteiger partial charge in [-0.3, -0.25) is 4.79 Å². The van der Waals surface area contributed by atoms with E-state index in [4.69, 9.17) is 21.1 Å². The summed E-state index contributed by atoms with van der Waals surface area (Å²) in [7, 11) is 0. The number of hydrogen-bond acceptors (Lipinski definition) is 3. The largest absolute Gasteiger partial charge is 0.490 e. The molecule has 0 bridgehead atoms. The van der Waals surface area contributed by atoms with Gasteiger partial charge in [-0.2, -0.15) is 13.2 Å². The molecular formula is C19H15ClF3NO3. The van der Waals surface area contributed by atoms with Crippen LogP contribution in [-0.2, 0) is 4.79 Å². The molecule has 0 aliphatic carbocycles. The molecule has 0 aromatic heterocycles. The van der Waals surface area contributed by atoms with Crippen LogP contribution in [0.1, 0.15) is 12.0 Å². The van der Waals surface area contributed by atoms with Crippen LogP contribution in [-0.4, -0.2) is 25.3 Å². The zero-order valence-corrected chi connectivity index (χ0v) is 14.7. The lowest BCUT2D eigenvalue weighted by molar-refractivity contribution is -0.112. The lowest BCUT2D eigenvalue weighted by Gasteiger charge is -2.14. The van der Waals surface area contributed by atoms with Crippen molar-refractivity contribution in [1.29, 1.82) is 0 Å². The molecule has 0 atom stereocenters. The minimum Gasteiger partial charge on any atom is -0.490 e. The van der Waals surface area contributed by atoms with Gasteiger partial charge in [0.1, 0.15) is 0 Å². The first-order valence-electron chi connectivity index (χ1n) is 8.09. The SMILES string of the molecule is O=C(/C=C(/c1ccccc1)C(F)(F)F)Nc1cc2c(cc1Cl)OCCCO2. The number of allylic oxidation sites excluding steroid dienone is 1.